The number of fused-ring (bicyclic) bond motifs is 1. The summed E-state index contributed by atoms with van der Waals surface area (Å²) >= 11 is 3.40. The average Bonchev–Trinajstić information content (AvgIpc) is 2.16. The highest BCUT2D eigenvalue weighted by atomic mass is 79.9. The summed E-state index contributed by atoms with van der Waals surface area (Å²) in [5, 5.41) is 2.11. The van der Waals surface area contributed by atoms with Gasteiger partial charge in [-0.15, -0.1) is 0 Å². The molecule has 2 aromatic carbocycles. The van der Waals surface area contributed by atoms with Gasteiger partial charge in [0.05, 0.1) is 0 Å². The molecule has 0 aliphatic rings. The molecule has 70 valence electrons. The fourth-order valence-corrected chi connectivity index (χ4v) is 1.91. The number of hydrogen-bond donors (Lipinski definition) is 0. The Morgan fingerprint density at radius 2 is 2.00 bits per heavy atom. The highest BCUT2D eigenvalue weighted by Crippen LogP contribution is 2.23. The van der Waals surface area contributed by atoms with Crippen LogP contribution in [0.5, 0.6) is 0 Å². The van der Waals surface area contributed by atoms with Crippen LogP contribution in [0.3, 0.4) is 0 Å². The van der Waals surface area contributed by atoms with Crippen LogP contribution < -0.4 is 0 Å². The molecule has 2 aromatic rings. The van der Waals surface area contributed by atoms with Gasteiger partial charge in [0.1, 0.15) is 0 Å². The third-order valence-corrected chi connectivity index (χ3v) is 2.72. The van der Waals surface area contributed by atoms with Crippen LogP contribution in [0, 0.1) is 0 Å². The van der Waals surface area contributed by atoms with Crippen molar-refractivity contribution < 1.29 is 4.79 Å². The Kier molecular flexibility index (Phi) is 2.38. The van der Waals surface area contributed by atoms with Crippen molar-refractivity contribution in [3.8, 4) is 0 Å². The molecular weight excluding hydrogens is 240 g/mol. The largest absolute Gasteiger partial charge is 0.294 e. The zero-order chi connectivity index (χ0) is 10.1. The van der Waals surface area contributed by atoms with E-state index in [2.05, 4.69) is 15.9 Å². The zero-order valence-electron chi connectivity index (χ0n) is 7.75. The SMILES string of the molecule is CC(=O)c1cccc2ccc(Br)cc12. The highest BCUT2D eigenvalue weighted by Gasteiger charge is 2.04. The van der Waals surface area contributed by atoms with E-state index in [1.165, 1.54) is 0 Å². The summed E-state index contributed by atoms with van der Waals surface area (Å²) in [6.45, 7) is 1.59. The summed E-state index contributed by atoms with van der Waals surface area (Å²) in [6.07, 6.45) is 0. The van der Waals surface area contributed by atoms with Crippen LogP contribution in [0.25, 0.3) is 10.8 Å². The van der Waals surface area contributed by atoms with Crippen molar-refractivity contribution in [3.05, 3.63) is 46.4 Å². The van der Waals surface area contributed by atoms with Crippen molar-refractivity contribution in [2.45, 2.75) is 6.92 Å². The number of carbonyl (C=O) groups is 1. The highest BCUT2D eigenvalue weighted by molar-refractivity contribution is 9.10. The molecular formula is C12H9BrO. The molecule has 0 atom stereocenters. The van der Waals surface area contributed by atoms with Gasteiger partial charge >= 0.3 is 0 Å². The van der Waals surface area contributed by atoms with Crippen LogP contribution in [-0.2, 0) is 0 Å². The Morgan fingerprint density at radius 3 is 2.71 bits per heavy atom. The maximum atomic E-state index is 11.4. The van der Waals surface area contributed by atoms with E-state index in [9.17, 15) is 4.79 Å². The van der Waals surface area contributed by atoms with Crippen LogP contribution in [0.2, 0.25) is 0 Å². The van der Waals surface area contributed by atoms with Gasteiger partial charge in [0.25, 0.3) is 0 Å². The molecule has 1 nitrogen and oxygen atoms in total. The molecule has 0 spiro atoms. The van der Waals surface area contributed by atoms with Crippen LogP contribution in [-0.4, -0.2) is 5.78 Å². The molecule has 0 radical (unpaired) electrons. The third kappa shape index (κ3) is 1.58. The molecule has 0 aliphatic carbocycles. The van der Waals surface area contributed by atoms with Crippen molar-refractivity contribution in [1.29, 1.82) is 0 Å². The van der Waals surface area contributed by atoms with Gasteiger partial charge in [0.15, 0.2) is 5.78 Å². The van der Waals surface area contributed by atoms with Crippen LogP contribution >= 0.6 is 15.9 Å². The van der Waals surface area contributed by atoms with Crippen LogP contribution in [0.1, 0.15) is 17.3 Å². The molecule has 0 aliphatic heterocycles. The summed E-state index contributed by atoms with van der Waals surface area (Å²) in [4.78, 5) is 11.4. The quantitative estimate of drug-likeness (QED) is 0.702. The normalized spacial score (nSPS) is 10.4. The van der Waals surface area contributed by atoms with E-state index in [1.807, 2.05) is 36.4 Å². The lowest BCUT2D eigenvalue weighted by Gasteiger charge is -2.03. The second kappa shape index (κ2) is 3.54. The molecule has 0 saturated heterocycles. The molecule has 14 heavy (non-hydrogen) atoms. The van der Waals surface area contributed by atoms with Gasteiger partial charge in [0, 0.05) is 10.0 Å². The van der Waals surface area contributed by atoms with E-state index < -0.39 is 0 Å². The number of halogens is 1. The maximum absolute atomic E-state index is 11.4. The van der Waals surface area contributed by atoms with Crippen molar-refractivity contribution in [2.75, 3.05) is 0 Å². The lowest BCUT2D eigenvalue weighted by molar-refractivity contribution is 0.101. The van der Waals surface area contributed by atoms with Gasteiger partial charge in [-0.25, -0.2) is 0 Å². The second-order valence-electron chi connectivity index (χ2n) is 3.23. The monoisotopic (exact) mass is 248 g/mol. The predicted octanol–water partition coefficient (Wildman–Crippen LogP) is 3.80. The minimum atomic E-state index is 0.105. The average molecular weight is 249 g/mol. The Labute approximate surface area is 90.9 Å². The van der Waals surface area contributed by atoms with Crippen molar-refractivity contribution >= 4 is 32.5 Å². The van der Waals surface area contributed by atoms with Crippen molar-refractivity contribution in [1.82, 2.24) is 0 Å². The second-order valence-corrected chi connectivity index (χ2v) is 4.14. The van der Waals surface area contributed by atoms with E-state index in [1.54, 1.807) is 6.92 Å². The molecule has 0 N–H and O–H groups in total. The van der Waals surface area contributed by atoms with Gasteiger partial charge in [0.2, 0.25) is 0 Å². The Balaban J connectivity index is 2.84. The zero-order valence-corrected chi connectivity index (χ0v) is 9.34. The molecule has 0 amide bonds. The number of Topliss-reactive ketones (excluding diaryl/α,β-unsaturated/α-hetero) is 1. The van der Waals surface area contributed by atoms with E-state index in [0.717, 1.165) is 20.8 Å². The third-order valence-electron chi connectivity index (χ3n) is 2.22. The molecule has 0 saturated carbocycles. The summed E-state index contributed by atoms with van der Waals surface area (Å²) in [5.41, 5.74) is 0.781. The van der Waals surface area contributed by atoms with Gasteiger partial charge in [-0.3, -0.25) is 4.79 Å². The Morgan fingerprint density at radius 1 is 1.21 bits per heavy atom. The number of benzene rings is 2. The summed E-state index contributed by atoms with van der Waals surface area (Å²) in [5.74, 6) is 0.105. The lowest BCUT2D eigenvalue weighted by Crippen LogP contribution is -1.92. The molecule has 0 bridgehead atoms. The van der Waals surface area contributed by atoms with Crippen molar-refractivity contribution in [2.24, 2.45) is 0 Å². The molecule has 0 fully saturated rings. The number of rotatable bonds is 1. The maximum Gasteiger partial charge on any atom is 0.160 e. The lowest BCUT2D eigenvalue weighted by atomic mass is 10.0. The first-order valence-electron chi connectivity index (χ1n) is 4.38. The standard InChI is InChI=1S/C12H9BrO/c1-8(14)11-4-2-3-9-5-6-10(13)7-12(9)11/h2-7H,1H3. The number of ketones is 1. The summed E-state index contributed by atoms with van der Waals surface area (Å²) in [6, 6.07) is 11.7. The first-order valence-corrected chi connectivity index (χ1v) is 5.17. The summed E-state index contributed by atoms with van der Waals surface area (Å²) < 4.78 is 0.999. The fourth-order valence-electron chi connectivity index (χ4n) is 1.55. The summed E-state index contributed by atoms with van der Waals surface area (Å²) in [7, 11) is 0. The topological polar surface area (TPSA) is 17.1 Å². The molecule has 2 heteroatoms. The Hall–Kier alpha value is -1.15. The van der Waals surface area contributed by atoms with Gasteiger partial charge in [-0.05, 0) is 29.8 Å². The van der Waals surface area contributed by atoms with E-state index >= 15 is 0 Å². The number of hydrogen-bond acceptors (Lipinski definition) is 1. The van der Waals surface area contributed by atoms with Gasteiger partial charge < -0.3 is 0 Å². The smallest absolute Gasteiger partial charge is 0.160 e. The molecule has 2 rings (SSSR count). The fraction of sp³-hybridized carbons (Fsp3) is 0.0833. The van der Waals surface area contributed by atoms with E-state index in [0.29, 0.717) is 0 Å². The first kappa shape index (κ1) is 9.41. The molecule has 0 heterocycles. The van der Waals surface area contributed by atoms with Crippen molar-refractivity contribution in [3.63, 3.8) is 0 Å². The van der Waals surface area contributed by atoms with E-state index in [-0.39, 0.29) is 5.78 Å². The van der Waals surface area contributed by atoms with Gasteiger partial charge in [-0.2, -0.15) is 0 Å². The predicted molar refractivity (Wildman–Crippen MR) is 61.7 cm³/mol. The first-order chi connectivity index (χ1) is 6.68. The van der Waals surface area contributed by atoms with Gasteiger partial charge in [-0.1, -0.05) is 40.2 Å². The van der Waals surface area contributed by atoms with Crippen LogP contribution in [0.4, 0.5) is 0 Å². The molecule has 0 unspecified atom stereocenters. The number of carbonyl (C=O) groups excluding carboxylic acids is 1. The van der Waals surface area contributed by atoms with E-state index in [4.69, 9.17) is 0 Å². The minimum Gasteiger partial charge on any atom is -0.294 e. The molecule has 0 aromatic heterocycles. The van der Waals surface area contributed by atoms with Crippen LogP contribution in [0.15, 0.2) is 40.9 Å². The Bertz CT molecular complexity index is 503. The minimum absolute atomic E-state index is 0.105.